The number of nitrogens with zero attached hydrogens (tertiary/aromatic N) is 2. The Hall–Kier alpha value is -2.19. The molecule has 0 saturated carbocycles. The minimum absolute atomic E-state index is 0.116. The summed E-state index contributed by atoms with van der Waals surface area (Å²) >= 11 is 0. The Kier molecular flexibility index (Phi) is 7.55. The first-order valence-electron chi connectivity index (χ1n) is 9.27. The summed E-state index contributed by atoms with van der Waals surface area (Å²) in [6.07, 6.45) is 2.61. The molecule has 8 heteroatoms. The summed E-state index contributed by atoms with van der Waals surface area (Å²) in [6, 6.07) is 3.75. The number of hydrogen-bond donors (Lipinski definition) is 1. The van der Waals surface area contributed by atoms with Crippen LogP contribution in [0.3, 0.4) is 0 Å². The first-order valence-corrected chi connectivity index (χ1v) is 9.27. The van der Waals surface area contributed by atoms with E-state index in [4.69, 9.17) is 14.5 Å². The first-order chi connectivity index (χ1) is 12.8. The highest BCUT2D eigenvalue weighted by molar-refractivity contribution is 5.83. The van der Waals surface area contributed by atoms with E-state index in [1.54, 1.807) is 13.1 Å². The van der Waals surface area contributed by atoms with Crippen LogP contribution >= 0.6 is 0 Å². The molecule has 1 aromatic rings. The molecule has 1 amide bonds. The van der Waals surface area contributed by atoms with Crippen molar-refractivity contribution in [3.63, 3.8) is 0 Å². The average molecular weight is 379 g/mol. The Morgan fingerprint density at radius 2 is 2.00 bits per heavy atom. The minimum atomic E-state index is -0.560. The summed E-state index contributed by atoms with van der Waals surface area (Å²) in [5, 5.41) is 2.65. The predicted molar refractivity (Wildman–Crippen MR) is 99.8 cm³/mol. The predicted octanol–water partition coefficient (Wildman–Crippen LogP) is 3.14. The van der Waals surface area contributed by atoms with Crippen molar-refractivity contribution in [1.82, 2.24) is 9.88 Å². The van der Waals surface area contributed by atoms with E-state index in [-0.39, 0.29) is 11.9 Å². The maximum Gasteiger partial charge on any atom is 0.413 e. The fraction of sp³-hybridized carbons (Fsp3) is 0.632. The lowest BCUT2D eigenvalue weighted by Crippen LogP contribution is -2.36. The van der Waals surface area contributed by atoms with Crippen molar-refractivity contribution in [2.24, 2.45) is 5.92 Å². The van der Waals surface area contributed by atoms with Gasteiger partial charge in [0.1, 0.15) is 11.4 Å². The van der Waals surface area contributed by atoms with Gasteiger partial charge in [0.15, 0.2) is 0 Å². The van der Waals surface area contributed by atoms with Crippen LogP contribution in [-0.4, -0.2) is 47.2 Å². The zero-order valence-corrected chi connectivity index (χ0v) is 16.5. The van der Waals surface area contributed by atoms with Gasteiger partial charge in [-0.05, 0) is 71.3 Å². The van der Waals surface area contributed by atoms with Gasteiger partial charge in [-0.3, -0.25) is 15.1 Å². The fourth-order valence-corrected chi connectivity index (χ4v) is 2.82. The monoisotopic (exact) mass is 379 g/mol. The molecule has 1 fully saturated rings. The molecule has 1 aliphatic rings. The number of hydrogen-bond acceptors (Lipinski definition) is 7. The zero-order chi connectivity index (χ0) is 19.9. The van der Waals surface area contributed by atoms with E-state index in [1.165, 1.54) is 0 Å². The van der Waals surface area contributed by atoms with Crippen molar-refractivity contribution in [1.29, 1.82) is 0 Å². The smallest absolute Gasteiger partial charge is 0.413 e. The van der Waals surface area contributed by atoms with Gasteiger partial charge < -0.3 is 4.74 Å². The summed E-state index contributed by atoms with van der Waals surface area (Å²) in [7, 11) is 0. The van der Waals surface area contributed by atoms with Crippen molar-refractivity contribution in [2.45, 2.75) is 52.7 Å². The van der Waals surface area contributed by atoms with Crippen LogP contribution in [0.5, 0.6) is 0 Å². The van der Waals surface area contributed by atoms with Gasteiger partial charge in [0.25, 0.3) is 0 Å². The maximum atomic E-state index is 11.9. The number of pyridine rings is 1. The van der Waals surface area contributed by atoms with Crippen LogP contribution < -0.4 is 5.32 Å². The number of nitrogens with one attached hydrogen (secondary N) is 1. The summed E-state index contributed by atoms with van der Waals surface area (Å²) in [6.45, 7) is 9.87. The molecule has 1 saturated heterocycles. The quantitative estimate of drug-likeness (QED) is 0.600. The van der Waals surface area contributed by atoms with Crippen LogP contribution in [0.1, 0.15) is 46.1 Å². The molecule has 0 radical (unpaired) electrons. The molecule has 1 N–H and O–H groups in total. The van der Waals surface area contributed by atoms with E-state index in [9.17, 15) is 9.59 Å². The molecule has 2 rings (SSSR count). The minimum Gasteiger partial charge on any atom is -0.444 e. The Labute approximate surface area is 160 Å². The summed E-state index contributed by atoms with van der Waals surface area (Å²) < 4.78 is 5.24. The highest BCUT2D eigenvalue weighted by Crippen LogP contribution is 2.21. The van der Waals surface area contributed by atoms with Crippen LogP contribution in [0.4, 0.5) is 10.6 Å². The van der Waals surface area contributed by atoms with Crippen LogP contribution in [0.2, 0.25) is 0 Å². The van der Waals surface area contributed by atoms with Gasteiger partial charge in [0, 0.05) is 12.7 Å². The molecule has 150 valence electrons. The Balaban J connectivity index is 1.83. The molecule has 1 aromatic heterocycles. The van der Waals surface area contributed by atoms with Crippen molar-refractivity contribution < 1.29 is 24.1 Å². The van der Waals surface area contributed by atoms with Gasteiger partial charge in [-0.1, -0.05) is 0 Å². The molecule has 2 heterocycles. The summed E-state index contributed by atoms with van der Waals surface area (Å²) in [5.74, 6) is 0.0517. The molecule has 0 atom stereocenters. The molecule has 0 aliphatic carbocycles. The third-order valence-corrected chi connectivity index (χ3v) is 4.04. The lowest BCUT2D eigenvalue weighted by Gasteiger charge is -2.30. The number of piperidine rings is 1. The highest BCUT2D eigenvalue weighted by Gasteiger charge is 2.27. The number of likely N-dealkylation sites (tertiary alicyclic amines) is 1. The van der Waals surface area contributed by atoms with Crippen molar-refractivity contribution in [3.8, 4) is 0 Å². The van der Waals surface area contributed by atoms with Gasteiger partial charge in [-0.2, -0.15) is 4.89 Å². The number of carbonyl (C=O) groups excluding carboxylic acids is 2. The number of carbonyl (C=O) groups is 2. The fourth-order valence-electron chi connectivity index (χ4n) is 2.82. The summed E-state index contributed by atoms with van der Waals surface area (Å²) in [5.41, 5.74) is 0.474. The van der Waals surface area contributed by atoms with Crippen LogP contribution in [-0.2, 0) is 25.9 Å². The van der Waals surface area contributed by atoms with E-state index in [0.717, 1.165) is 38.0 Å². The largest absolute Gasteiger partial charge is 0.444 e. The standard InChI is InChI=1S/C19H29N3O5/c1-5-25-27-17(23)15-7-10-22(11-8-15)13-14-6-9-20-16(12-14)21-18(24)26-19(2,3)4/h6,9,12,15H,5,7-8,10-11,13H2,1-4H3,(H,20,21,24). The second-order valence-electron chi connectivity index (χ2n) is 7.54. The lowest BCUT2D eigenvalue weighted by atomic mass is 9.97. The number of rotatable bonds is 6. The second kappa shape index (κ2) is 9.66. The molecule has 1 aliphatic heterocycles. The van der Waals surface area contributed by atoms with E-state index in [1.807, 2.05) is 32.9 Å². The summed E-state index contributed by atoms with van der Waals surface area (Å²) in [4.78, 5) is 39.6. The van der Waals surface area contributed by atoms with Gasteiger partial charge in [0.05, 0.1) is 12.5 Å². The average Bonchev–Trinajstić information content (AvgIpc) is 2.59. The Bertz CT molecular complexity index is 636. The van der Waals surface area contributed by atoms with E-state index in [0.29, 0.717) is 12.4 Å². The number of anilines is 1. The molecular weight excluding hydrogens is 350 g/mol. The second-order valence-corrected chi connectivity index (χ2v) is 7.54. The molecule has 0 aromatic carbocycles. The van der Waals surface area contributed by atoms with Gasteiger partial charge in [-0.25, -0.2) is 14.6 Å². The number of amides is 1. The maximum absolute atomic E-state index is 11.9. The Morgan fingerprint density at radius 3 is 2.63 bits per heavy atom. The van der Waals surface area contributed by atoms with Crippen molar-refractivity contribution >= 4 is 17.9 Å². The number of aromatic nitrogens is 1. The molecule has 0 spiro atoms. The Morgan fingerprint density at radius 1 is 1.30 bits per heavy atom. The van der Waals surface area contributed by atoms with Crippen molar-refractivity contribution in [3.05, 3.63) is 23.9 Å². The topological polar surface area (TPSA) is 90.0 Å². The highest BCUT2D eigenvalue weighted by atomic mass is 17.2. The van der Waals surface area contributed by atoms with E-state index < -0.39 is 11.7 Å². The normalized spacial score (nSPS) is 16.0. The SMILES string of the molecule is CCOOC(=O)C1CCN(Cc2ccnc(NC(=O)OC(C)(C)C)c2)CC1. The van der Waals surface area contributed by atoms with Crippen LogP contribution in [0.15, 0.2) is 18.3 Å². The third kappa shape index (κ3) is 7.52. The van der Waals surface area contributed by atoms with Gasteiger partial charge in [-0.15, -0.1) is 0 Å². The molecule has 27 heavy (non-hydrogen) atoms. The van der Waals surface area contributed by atoms with E-state index in [2.05, 4.69) is 15.2 Å². The molecule has 8 nitrogen and oxygen atoms in total. The third-order valence-electron chi connectivity index (χ3n) is 4.04. The van der Waals surface area contributed by atoms with Gasteiger partial charge in [0.2, 0.25) is 0 Å². The van der Waals surface area contributed by atoms with Crippen LogP contribution in [0.25, 0.3) is 0 Å². The van der Waals surface area contributed by atoms with Crippen molar-refractivity contribution in [2.75, 3.05) is 25.0 Å². The zero-order valence-electron chi connectivity index (χ0n) is 16.5. The first kappa shape index (κ1) is 21.1. The molecule has 0 unspecified atom stereocenters. The van der Waals surface area contributed by atoms with E-state index >= 15 is 0 Å². The number of ether oxygens (including phenoxy) is 1. The van der Waals surface area contributed by atoms with Crippen LogP contribution in [0, 0.1) is 5.92 Å². The molecule has 0 bridgehead atoms. The lowest BCUT2D eigenvalue weighted by molar-refractivity contribution is -0.274. The van der Waals surface area contributed by atoms with Gasteiger partial charge >= 0.3 is 12.1 Å². The molecular formula is C19H29N3O5.